The van der Waals surface area contributed by atoms with Crippen LogP contribution in [-0.2, 0) is 17.5 Å². The molecule has 10 nitrogen and oxygen atoms in total. The van der Waals surface area contributed by atoms with E-state index >= 15 is 0 Å². The summed E-state index contributed by atoms with van der Waals surface area (Å²) < 4.78 is 86.2. The smallest absolute Gasteiger partial charge is 0.258 e. The van der Waals surface area contributed by atoms with E-state index in [1.807, 2.05) is 0 Å². The number of nitro benzene ring substituents is 2. The second-order valence-electron chi connectivity index (χ2n) is 9.82. The Balaban J connectivity index is 1.32. The van der Waals surface area contributed by atoms with Crippen molar-refractivity contribution in [3.05, 3.63) is 92.0 Å². The average Bonchev–Trinajstić information content (AvgIpc) is 3.86. The van der Waals surface area contributed by atoms with Crippen LogP contribution in [0.1, 0.15) is 17.6 Å². The third kappa shape index (κ3) is 5.29. The maximum atomic E-state index is 13.6. The molecule has 0 fully saturated rings. The van der Waals surface area contributed by atoms with Crippen LogP contribution in [0, 0.1) is 20.2 Å². The predicted octanol–water partition coefficient (Wildman–Crippen LogP) is 11.0. The molecule has 7 rings (SSSR count). The van der Waals surface area contributed by atoms with Crippen LogP contribution in [0.25, 0.3) is 52.8 Å². The highest BCUT2D eigenvalue weighted by molar-refractivity contribution is 7.58. The molecule has 3 aromatic carbocycles. The predicted molar refractivity (Wildman–Crippen MR) is 170 cm³/mol. The summed E-state index contributed by atoms with van der Waals surface area (Å²) in [5.41, 5.74) is -0.235. The molecule has 6 aromatic rings. The molecule has 0 unspecified atom stereocenters. The fourth-order valence-electron chi connectivity index (χ4n) is 5.10. The molecule has 47 heavy (non-hydrogen) atoms. The van der Waals surface area contributed by atoms with Gasteiger partial charge in [-0.1, -0.05) is 0 Å². The lowest BCUT2D eigenvalue weighted by molar-refractivity contribution is -0.388. The summed E-state index contributed by atoms with van der Waals surface area (Å²) in [6.45, 7) is 0. The van der Waals surface area contributed by atoms with E-state index in [1.165, 1.54) is 23.5 Å². The summed E-state index contributed by atoms with van der Waals surface area (Å²) in [7, 11) is 0. The molecule has 0 saturated heterocycles. The lowest BCUT2D eigenvalue weighted by atomic mass is 10.0. The van der Waals surface area contributed by atoms with Gasteiger partial charge in [0.1, 0.15) is 28.0 Å². The molecule has 0 radical (unpaired) electrons. The minimum atomic E-state index is -4.93. The second kappa shape index (κ2) is 11.4. The molecule has 19 heteroatoms. The number of alkyl halides is 5. The Labute approximate surface area is 274 Å². The summed E-state index contributed by atoms with van der Waals surface area (Å²) >= 11 is 4.25. The topological polar surface area (TPSA) is 137 Å². The van der Waals surface area contributed by atoms with Gasteiger partial charge in [-0.25, -0.2) is 8.78 Å². The van der Waals surface area contributed by atoms with Gasteiger partial charge in [0.15, 0.2) is 0 Å². The summed E-state index contributed by atoms with van der Waals surface area (Å²) in [6.07, 6.45) is -7.98. The zero-order chi connectivity index (χ0) is 33.2. The lowest BCUT2D eigenvalue weighted by Crippen LogP contribution is -2.08. The Morgan fingerprint density at radius 3 is 1.66 bits per heavy atom. The normalized spacial score (nSPS) is 12.6. The second-order valence-corrected chi connectivity index (χ2v) is 13.0. The molecule has 0 atom stereocenters. The van der Waals surface area contributed by atoms with E-state index in [9.17, 15) is 42.2 Å². The first-order valence-electron chi connectivity index (χ1n) is 13.0. The Bertz CT molecular complexity index is 2360. The van der Waals surface area contributed by atoms with E-state index < -0.39 is 45.0 Å². The van der Waals surface area contributed by atoms with Crippen molar-refractivity contribution in [1.29, 1.82) is 0 Å². The largest absolute Gasteiger partial charge is 0.423 e. The minimum Gasteiger partial charge on any atom is -0.258 e. The van der Waals surface area contributed by atoms with Crippen LogP contribution in [0.3, 0.4) is 0 Å². The van der Waals surface area contributed by atoms with Gasteiger partial charge < -0.3 is 0 Å². The van der Waals surface area contributed by atoms with Crippen molar-refractivity contribution in [3.8, 4) is 41.8 Å². The van der Waals surface area contributed by atoms with Gasteiger partial charge in [-0.3, -0.25) is 20.2 Å². The van der Waals surface area contributed by atoms with Crippen molar-refractivity contribution in [2.24, 2.45) is 8.73 Å². The van der Waals surface area contributed by atoms with Crippen LogP contribution < -0.4 is 0 Å². The minimum absolute atomic E-state index is 0.142. The van der Waals surface area contributed by atoms with Crippen LogP contribution in [0.4, 0.5) is 44.7 Å². The van der Waals surface area contributed by atoms with Crippen LogP contribution in [0.2, 0.25) is 0 Å². The van der Waals surface area contributed by atoms with Gasteiger partial charge >= 0.3 is 6.18 Å². The first kappa shape index (κ1) is 30.8. The highest BCUT2D eigenvalue weighted by Gasteiger charge is 2.38. The molecule has 3 aromatic heterocycles. The number of fused-ring (bicyclic) bond motifs is 2. The van der Waals surface area contributed by atoms with Crippen molar-refractivity contribution in [2.75, 3.05) is 0 Å². The Hall–Kier alpha value is -4.85. The standard InChI is InChI=1S/C28H11F5N6O4S4/c29-27(30)13-9-11(1-3-15(13)38(40)41)17-5-7-19(44-17)21-23-25(36-46-34-23)22(26-24(21)35-47-37-26)20-8-6-18(45-20)12-2-4-16(39(42)43)14(10-12)28(31,32)33/h1-10,27H. The monoisotopic (exact) mass is 718 g/mol. The maximum Gasteiger partial charge on any atom is 0.423 e. The number of benzene rings is 3. The lowest BCUT2D eigenvalue weighted by Gasteiger charge is -2.10. The molecule has 0 N–H and O–H groups in total. The van der Waals surface area contributed by atoms with E-state index in [0.29, 0.717) is 58.6 Å². The third-order valence-corrected chi connectivity index (χ3v) is 10.5. The van der Waals surface area contributed by atoms with Crippen molar-refractivity contribution < 1.29 is 31.8 Å². The molecule has 0 bridgehead atoms. The van der Waals surface area contributed by atoms with Gasteiger partial charge in [0.25, 0.3) is 17.8 Å². The van der Waals surface area contributed by atoms with Gasteiger partial charge in [-0.15, -0.1) is 22.7 Å². The molecule has 0 amide bonds. The van der Waals surface area contributed by atoms with E-state index in [2.05, 4.69) is 17.5 Å². The number of aromatic nitrogens is 2. The molecule has 0 saturated carbocycles. The molecule has 0 aliphatic carbocycles. The number of rotatable bonds is 7. The molecular weight excluding hydrogens is 708 g/mol. The van der Waals surface area contributed by atoms with Gasteiger partial charge in [-0.2, -0.15) is 30.6 Å². The zero-order valence-corrected chi connectivity index (χ0v) is 26.0. The van der Waals surface area contributed by atoms with E-state index in [4.69, 9.17) is 0 Å². The Morgan fingerprint density at radius 1 is 0.681 bits per heavy atom. The van der Waals surface area contributed by atoms with Gasteiger partial charge in [0.2, 0.25) is 0 Å². The summed E-state index contributed by atoms with van der Waals surface area (Å²) in [5, 5.41) is 22.5. The Morgan fingerprint density at radius 2 is 1.17 bits per heavy atom. The first-order chi connectivity index (χ1) is 22.4. The number of thiophene rings is 2. The zero-order valence-electron chi connectivity index (χ0n) is 22.7. The third-order valence-electron chi connectivity index (χ3n) is 7.16. The van der Waals surface area contributed by atoms with Crippen LogP contribution >= 0.6 is 34.4 Å². The average molecular weight is 719 g/mol. The van der Waals surface area contributed by atoms with E-state index in [0.717, 1.165) is 58.7 Å². The number of nitro groups is 2. The molecule has 1 aliphatic rings. The molecule has 4 heterocycles. The van der Waals surface area contributed by atoms with Crippen molar-refractivity contribution in [1.82, 2.24) is 8.75 Å². The van der Waals surface area contributed by atoms with Gasteiger partial charge in [-0.05, 0) is 59.7 Å². The molecular formula is C28H11F5N6O4S4. The van der Waals surface area contributed by atoms with E-state index in [-0.39, 0.29) is 5.56 Å². The van der Waals surface area contributed by atoms with Crippen LogP contribution in [-0.4, -0.2) is 18.6 Å². The van der Waals surface area contributed by atoms with Crippen molar-refractivity contribution in [3.63, 3.8) is 0 Å². The summed E-state index contributed by atoms with van der Waals surface area (Å²) in [6, 6.07) is 13.1. The number of halogens is 5. The van der Waals surface area contributed by atoms with Crippen LogP contribution in [0.5, 0.6) is 0 Å². The number of hydrogen-bond donors (Lipinski definition) is 0. The first-order valence-corrected chi connectivity index (χ1v) is 16.1. The van der Waals surface area contributed by atoms with Gasteiger partial charge in [0, 0.05) is 42.8 Å². The quantitative estimate of drug-likeness (QED) is 0.0913. The summed E-state index contributed by atoms with van der Waals surface area (Å²) in [4.78, 5) is 22.8. The van der Waals surface area contributed by atoms with Crippen molar-refractivity contribution in [2.45, 2.75) is 12.6 Å². The maximum absolute atomic E-state index is 13.6. The van der Waals surface area contributed by atoms with Crippen LogP contribution in [0.15, 0.2) is 69.4 Å². The van der Waals surface area contributed by atoms with Crippen molar-refractivity contribution >= 4 is 79.5 Å². The van der Waals surface area contributed by atoms with E-state index in [1.54, 1.807) is 24.3 Å². The fraction of sp³-hybridized carbons (Fsp3) is 0.0714. The fourth-order valence-corrected chi connectivity index (χ4v) is 8.32. The highest BCUT2D eigenvalue weighted by Crippen LogP contribution is 2.55. The number of hydrogen-bond acceptors (Lipinski definition) is 11. The summed E-state index contributed by atoms with van der Waals surface area (Å²) in [5.74, 6) is 0. The molecule has 1 aliphatic heterocycles. The number of nitrogens with zero attached hydrogens (tertiary/aromatic N) is 6. The SMILES string of the molecule is O=[N+]([O-])c1ccc(-c2ccc(-c3c4c(c(-c5ccc(-c6ccc([N+](=O)[O-])c(C(F)(F)F)c6)s5)c5nsnc35)N=S=N4)s2)cc1C(F)F. The van der Waals surface area contributed by atoms with Gasteiger partial charge in [0.05, 0.1) is 38.5 Å². The molecule has 236 valence electrons. The highest BCUT2D eigenvalue weighted by atomic mass is 32.1. The molecule has 0 spiro atoms. The Kier molecular flexibility index (Phi) is 7.49.